The average molecular weight is 264 g/mol. The summed E-state index contributed by atoms with van der Waals surface area (Å²) in [4.78, 5) is 17.2. The summed E-state index contributed by atoms with van der Waals surface area (Å²) >= 11 is 0. The van der Waals surface area contributed by atoms with Gasteiger partial charge in [-0.05, 0) is 32.4 Å². The monoisotopic (exact) mass is 264 g/mol. The van der Waals surface area contributed by atoms with Crippen molar-refractivity contribution >= 4 is 12.1 Å². The number of ether oxygens (including phenoxy) is 1. The summed E-state index contributed by atoms with van der Waals surface area (Å²) in [7, 11) is 0. The zero-order valence-electron chi connectivity index (χ0n) is 11.6. The highest BCUT2D eigenvalue weighted by Crippen LogP contribution is 2.26. The maximum Gasteiger partial charge on any atom is 0.151 e. The molecule has 1 aliphatic heterocycles. The highest BCUT2D eigenvalue weighted by atomic mass is 16.5. The van der Waals surface area contributed by atoms with E-state index in [9.17, 15) is 9.90 Å². The molecule has 2 heterocycles. The molecule has 5 heteroatoms. The molecule has 0 aliphatic carbocycles. The third-order valence-electron chi connectivity index (χ3n) is 3.19. The molecular weight excluding hydrogens is 244 g/mol. The van der Waals surface area contributed by atoms with Gasteiger partial charge < -0.3 is 14.7 Å². The van der Waals surface area contributed by atoms with E-state index in [4.69, 9.17) is 4.74 Å². The number of carbonyl (C=O) groups is 1. The van der Waals surface area contributed by atoms with Gasteiger partial charge in [0.05, 0.1) is 18.3 Å². The minimum absolute atomic E-state index is 0.00853. The van der Waals surface area contributed by atoms with Crippen molar-refractivity contribution in [2.75, 3.05) is 24.6 Å². The zero-order valence-corrected chi connectivity index (χ0v) is 11.6. The van der Waals surface area contributed by atoms with E-state index in [2.05, 4.69) is 9.88 Å². The summed E-state index contributed by atoms with van der Waals surface area (Å²) in [6.45, 7) is 7.23. The van der Waals surface area contributed by atoms with Crippen LogP contribution in [-0.4, -0.2) is 47.8 Å². The molecule has 0 saturated carbocycles. The lowest BCUT2D eigenvalue weighted by atomic mass is 10.0. The molecule has 1 aromatic rings. The van der Waals surface area contributed by atoms with E-state index in [1.165, 1.54) is 0 Å². The third kappa shape index (κ3) is 3.11. The summed E-state index contributed by atoms with van der Waals surface area (Å²) in [6, 6.07) is 1.83. The number of nitrogens with zero attached hydrogens (tertiary/aromatic N) is 2. The van der Waals surface area contributed by atoms with Crippen LogP contribution < -0.4 is 4.90 Å². The minimum atomic E-state index is -0.330. The van der Waals surface area contributed by atoms with E-state index >= 15 is 0 Å². The van der Waals surface area contributed by atoms with Crippen LogP contribution in [0.2, 0.25) is 0 Å². The fourth-order valence-electron chi connectivity index (χ4n) is 2.54. The molecule has 1 aromatic heterocycles. The summed E-state index contributed by atoms with van der Waals surface area (Å²) < 4.78 is 5.78. The number of aromatic nitrogens is 1. The first-order valence-corrected chi connectivity index (χ1v) is 6.40. The molecule has 1 saturated heterocycles. The largest absolute Gasteiger partial charge is 0.394 e. The number of carbonyl (C=O) groups excluding carboxylic acids is 1. The van der Waals surface area contributed by atoms with Crippen LogP contribution in [-0.2, 0) is 4.74 Å². The number of pyridine rings is 1. The van der Waals surface area contributed by atoms with Crippen LogP contribution in [0, 0.1) is 6.92 Å². The average Bonchev–Trinajstić information content (AvgIpc) is 2.36. The molecule has 1 atom stereocenters. The van der Waals surface area contributed by atoms with Crippen molar-refractivity contribution < 1.29 is 14.6 Å². The highest BCUT2D eigenvalue weighted by molar-refractivity contribution is 5.75. The molecular formula is C14H20N2O3. The maximum absolute atomic E-state index is 10.7. The molecule has 0 aromatic carbocycles. The van der Waals surface area contributed by atoms with Gasteiger partial charge in [-0.3, -0.25) is 4.79 Å². The predicted octanol–water partition coefficient (Wildman–Crippen LogP) is 1.18. The maximum atomic E-state index is 10.7. The number of morpholine rings is 1. The Kier molecular flexibility index (Phi) is 3.87. The Balaban J connectivity index is 2.27. The van der Waals surface area contributed by atoms with Crippen LogP contribution in [0.5, 0.6) is 0 Å². The van der Waals surface area contributed by atoms with Gasteiger partial charge in [0.15, 0.2) is 6.29 Å². The normalized spacial score (nSPS) is 22.3. The quantitative estimate of drug-likeness (QED) is 0.831. The molecule has 0 spiro atoms. The van der Waals surface area contributed by atoms with Crippen molar-refractivity contribution in [3.8, 4) is 0 Å². The van der Waals surface area contributed by atoms with E-state index in [1.54, 1.807) is 6.20 Å². The van der Waals surface area contributed by atoms with Crippen LogP contribution >= 0.6 is 0 Å². The molecule has 0 radical (unpaired) electrons. The lowest BCUT2D eigenvalue weighted by Gasteiger charge is -2.43. The number of aryl methyl sites for hydroxylation is 1. The van der Waals surface area contributed by atoms with Crippen molar-refractivity contribution in [3.63, 3.8) is 0 Å². The number of hydrogen-bond acceptors (Lipinski definition) is 5. The highest BCUT2D eigenvalue weighted by Gasteiger charge is 2.34. The summed E-state index contributed by atoms with van der Waals surface area (Å²) in [5.41, 5.74) is 1.20. The van der Waals surface area contributed by atoms with Crippen molar-refractivity contribution in [2.45, 2.75) is 32.5 Å². The van der Waals surface area contributed by atoms with Crippen LogP contribution in [0.3, 0.4) is 0 Å². The smallest absolute Gasteiger partial charge is 0.151 e. The first-order chi connectivity index (χ1) is 8.95. The molecule has 0 amide bonds. The van der Waals surface area contributed by atoms with Gasteiger partial charge >= 0.3 is 0 Å². The third-order valence-corrected chi connectivity index (χ3v) is 3.19. The minimum Gasteiger partial charge on any atom is -0.394 e. The molecule has 0 bridgehead atoms. The Morgan fingerprint density at radius 1 is 1.63 bits per heavy atom. The second kappa shape index (κ2) is 5.27. The Morgan fingerprint density at radius 3 is 2.95 bits per heavy atom. The Hall–Kier alpha value is -1.46. The second-order valence-corrected chi connectivity index (χ2v) is 5.59. The molecule has 5 nitrogen and oxygen atoms in total. The van der Waals surface area contributed by atoms with Gasteiger partial charge in [0.25, 0.3) is 0 Å². The number of hydrogen-bond donors (Lipinski definition) is 1. The van der Waals surface area contributed by atoms with Crippen LogP contribution in [0.15, 0.2) is 12.3 Å². The van der Waals surface area contributed by atoms with Crippen LogP contribution in [0.4, 0.5) is 5.82 Å². The van der Waals surface area contributed by atoms with Gasteiger partial charge in [-0.1, -0.05) is 0 Å². The molecule has 1 N–H and O–H groups in total. The number of aldehydes is 1. The van der Waals surface area contributed by atoms with Crippen LogP contribution in [0.25, 0.3) is 0 Å². The van der Waals surface area contributed by atoms with E-state index in [1.807, 2.05) is 26.8 Å². The number of anilines is 1. The van der Waals surface area contributed by atoms with Gasteiger partial charge in [-0.25, -0.2) is 4.98 Å². The molecule has 1 fully saturated rings. The van der Waals surface area contributed by atoms with E-state index in [0.717, 1.165) is 17.7 Å². The summed E-state index contributed by atoms with van der Waals surface area (Å²) in [5, 5.41) is 9.32. The van der Waals surface area contributed by atoms with Gasteiger partial charge in [-0.15, -0.1) is 0 Å². The molecule has 1 aliphatic rings. The standard InChI is InChI=1S/C14H20N2O3/c1-10-4-11(7-17)5-15-13(10)16-6-12(8-18)19-14(2,3)9-16/h4-5,7,12,18H,6,8-9H2,1-3H3. The van der Waals surface area contributed by atoms with Gasteiger partial charge in [0.2, 0.25) is 0 Å². The Morgan fingerprint density at radius 2 is 2.37 bits per heavy atom. The fraction of sp³-hybridized carbons (Fsp3) is 0.571. The van der Waals surface area contributed by atoms with Crippen molar-refractivity contribution in [1.82, 2.24) is 4.98 Å². The second-order valence-electron chi connectivity index (χ2n) is 5.59. The molecule has 2 rings (SSSR count). The lowest BCUT2D eigenvalue weighted by Crippen LogP contribution is -2.54. The van der Waals surface area contributed by atoms with Gasteiger partial charge in [0.1, 0.15) is 5.82 Å². The fourth-order valence-corrected chi connectivity index (χ4v) is 2.54. The lowest BCUT2D eigenvalue weighted by molar-refractivity contribution is -0.101. The predicted molar refractivity (Wildman–Crippen MR) is 72.6 cm³/mol. The summed E-state index contributed by atoms with van der Waals surface area (Å²) in [5.74, 6) is 0.848. The van der Waals surface area contributed by atoms with E-state index < -0.39 is 0 Å². The number of aliphatic hydroxyl groups is 1. The zero-order chi connectivity index (χ0) is 14.0. The molecule has 1 unspecified atom stereocenters. The van der Waals surface area contributed by atoms with Gasteiger partial charge in [-0.2, -0.15) is 0 Å². The SMILES string of the molecule is Cc1cc(C=O)cnc1N1CC(CO)OC(C)(C)C1. The van der Waals surface area contributed by atoms with Crippen LogP contribution in [0.1, 0.15) is 29.8 Å². The molecule has 19 heavy (non-hydrogen) atoms. The Labute approximate surface area is 113 Å². The van der Waals surface area contributed by atoms with Crippen molar-refractivity contribution in [2.24, 2.45) is 0 Å². The topological polar surface area (TPSA) is 62.7 Å². The number of aliphatic hydroxyl groups excluding tert-OH is 1. The molecule has 104 valence electrons. The Bertz CT molecular complexity index is 474. The van der Waals surface area contributed by atoms with E-state index in [0.29, 0.717) is 18.7 Å². The van der Waals surface area contributed by atoms with Crippen molar-refractivity contribution in [1.29, 1.82) is 0 Å². The van der Waals surface area contributed by atoms with E-state index in [-0.39, 0.29) is 18.3 Å². The first-order valence-electron chi connectivity index (χ1n) is 6.40. The van der Waals surface area contributed by atoms with Crippen molar-refractivity contribution in [3.05, 3.63) is 23.4 Å². The number of rotatable bonds is 3. The van der Waals surface area contributed by atoms with Gasteiger partial charge in [0, 0.05) is 24.8 Å². The first kappa shape index (κ1) is 14.0. The summed E-state index contributed by atoms with van der Waals surface area (Å²) in [6.07, 6.45) is 2.16.